The van der Waals surface area contributed by atoms with Gasteiger partial charge in [-0.2, -0.15) is 0 Å². The predicted molar refractivity (Wildman–Crippen MR) is 228 cm³/mol. The Morgan fingerprint density at radius 2 is 0.927 bits per heavy atom. The van der Waals surface area contributed by atoms with E-state index in [2.05, 4.69) is 179 Å². The summed E-state index contributed by atoms with van der Waals surface area (Å²) in [6.45, 7) is 0. The molecule has 3 heterocycles. The van der Waals surface area contributed by atoms with Crippen LogP contribution in [0.25, 0.3) is 105 Å². The quantitative estimate of drug-likeness (QED) is 0.168. The Labute approximate surface area is 317 Å². The monoisotopic (exact) mass is 700 g/mol. The lowest BCUT2D eigenvalue weighted by molar-refractivity contribution is 1.13. The van der Waals surface area contributed by atoms with Crippen LogP contribution in [-0.4, -0.2) is 19.4 Å². The van der Waals surface area contributed by atoms with Crippen LogP contribution in [0.2, 0.25) is 0 Å². The summed E-state index contributed by atoms with van der Waals surface area (Å²) in [6, 6.07) is 63.1. The highest BCUT2D eigenvalue weighted by Crippen LogP contribution is 2.41. The summed E-state index contributed by atoms with van der Waals surface area (Å²) in [6.07, 6.45) is 5.61. The highest BCUT2D eigenvalue weighted by Gasteiger charge is 2.18. The van der Waals surface area contributed by atoms with Gasteiger partial charge in [-0.25, -0.2) is 9.97 Å². The second-order valence-corrected chi connectivity index (χ2v) is 14.1. The van der Waals surface area contributed by atoms with Gasteiger partial charge in [-0.15, -0.1) is 0 Å². The molecular weight excluding hydrogens is 669 g/mol. The van der Waals surface area contributed by atoms with Crippen molar-refractivity contribution in [1.82, 2.24) is 19.4 Å². The number of fused-ring (bicyclic) bond motifs is 7. The molecule has 0 spiro atoms. The lowest BCUT2D eigenvalue weighted by atomic mass is 9.90. The normalized spacial score (nSPS) is 11.6. The molecule has 11 aromatic rings. The van der Waals surface area contributed by atoms with Crippen molar-refractivity contribution < 1.29 is 0 Å². The van der Waals surface area contributed by atoms with Gasteiger partial charge in [0.1, 0.15) is 0 Å². The Hall–Kier alpha value is -7.43. The molecule has 0 aliphatic rings. The minimum Gasteiger partial charge on any atom is -0.296 e. The molecule has 0 saturated carbocycles. The summed E-state index contributed by atoms with van der Waals surface area (Å²) in [5, 5.41) is 9.79. The topological polar surface area (TPSA) is 43.1 Å². The molecule has 0 bridgehead atoms. The maximum absolute atomic E-state index is 5.48. The molecule has 55 heavy (non-hydrogen) atoms. The number of rotatable bonds is 5. The lowest BCUT2D eigenvalue weighted by Crippen LogP contribution is -1.94. The Bertz CT molecular complexity index is 3120. The first kappa shape index (κ1) is 31.1. The van der Waals surface area contributed by atoms with Gasteiger partial charge in [0.05, 0.1) is 29.0 Å². The molecule has 3 aromatic heterocycles. The Balaban J connectivity index is 1.14. The zero-order valence-electron chi connectivity index (χ0n) is 29.8. The van der Waals surface area contributed by atoms with E-state index in [1.165, 1.54) is 48.7 Å². The maximum Gasteiger partial charge on any atom is 0.156 e. The Morgan fingerprint density at radius 1 is 0.382 bits per heavy atom. The van der Waals surface area contributed by atoms with Crippen LogP contribution in [0.1, 0.15) is 0 Å². The molecule has 8 aromatic carbocycles. The largest absolute Gasteiger partial charge is 0.296 e. The van der Waals surface area contributed by atoms with Crippen molar-refractivity contribution in [1.29, 1.82) is 0 Å². The van der Waals surface area contributed by atoms with Crippen LogP contribution in [0.4, 0.5) is 0 Å². The molecule has 0 radical (unpaired) electrons. The zero-order valence-corrected chi connectivity index (χ0v) is 29.8. The fourth-order valence-corrected chi connectivity index (χ4v) is 8.31. The minimum absolute atomic E-state index is 0.810. The van der Waals surface area contributed by atoms with Crippen LogP contribution < -0.4 is 0 Å². The number of imidazole rings is 1. The van der Waals surface area contributed by atoms with E-state index in [1.54, 1.807) is 0 Å². The molecule has 0 aliphatic heterocycles. The zero-order chi connectivity index (χ0) is 36.3. The molecule has 11 rings (SSSR count). The first-order valence-corrected chi connectivity index (χ1v) is 18.6. The third-order valence-electron chi connectivity index (χ3n) is 10.9. The van der Waals surface area contributed by atoms with E-state index in [4.69, 9.17) is 9.97 Å². The van der Waals surface area contributed by atoms with E-state index in [-0.39, 0.29) is 0 Å². The van der Waals surface area contributed by atoms with Crippen molar-refractivity contribution in [2.75, 3.05) is 0 Å². The van der Waals surface area contributed by atoms with Crippen LogP contribution in [0.15, 0.2) is 195 Å². The van der Waals surface area contributed by atoms with Gasteiger partial charge in [0.2, 0.25) is 0 Å². The molecule has 256 valence electrons. The van der Waals surface area contributed by atoms with Gasteiger partial charge in [-0.05, 0) is 78.5 Å². The van der Waals surface area contributed by atoms with Crippen LogP contribution in [0.5, 0.6) is 0 Å². The standard InChI is InChI=1S/C51H32N4/c1-2-12-34(13-3-1)50-51(55-27-26-52-32-49(55)54-50)35-24-22-33(23-25-35)47-30-38(45-28-36-14-4-6-16-39(36)41-18-8-10-20-43(41)45)31-48(53-47)46-29-37-15-5-7-17-40(37)42-19-9-11-21-44(42)46/h1-32H. The third kappa shape index (κ3) is 5.19. The maximum atomic E-state index is 5.48. The predicted octanol–water partition coefficient (Wildman–Crippen LogP) is 13.1. The number of hydrogen-bond donors (Lipinski definition) is 0. The van der Waals surface area contributed by atoms with E-state index < -0.39 is 0 Å². The molecule has 0 atom stereocenters. The van der Waals surface area contributed by atoms with Crippen molar-refractivity contribution >= 4 is 48.7 Å². The van der Waals surface area contributed by atoms with Crippen molar-refractivity contribution in [3.05, 3.63) is 195 Å². The van der Waals surface area contributed by atoms with Crippen molar-refractivity contribution in [2.45, 2.75) is 0 Å². The first-order chi connectivity index (χ1) is 27.3. The number of hydrogen-bond acceptors (Lipinski definition) is 3. The highest BCUT2D eigenvalue weighted by molar-refractivity contribution is 6.15. The van der Waals surface area contributed by atoms with E-state index in [0.29, 0.717) is 0 Å². The third-order valence-corrected chi connectivity index (χ3v) is 10.9. The van der Waals surface area contributed by atoms with Gasteiger partial charge in [0, 0.05) is 34.6 Å². The molecule has 0 aliphatic carbocycles. The second-order valence-electron chi connectivity index (χ2n) is 14.1. The number of benzene rings is 8. The van der Waals surface area contributed by atoms with E-state index in [0.717, 1.165) is 56.2 Å². The fourth-order valence-electron chi connectivity index (χ4n) is 8.31. The average molecular weight is 701 g/mol. The van der Waals surface area contributed by atoms with Crippen molar-refractivity contribution in [3.8, 4) is 56.2 Å². The van der Waals surface area contributed by atoms with E-state index in [1.807, 2.05) is 24.7 Å². The first-order valence-electron chi connectivity index (χ1n) is 18.6. The van der Waals surface area contributed by atoms with Gasteiger partial charge in [0.15, 0.2) is 5.65 Å². The fraction of sp³-hybridized carbons (Fsp3) is 0. The Morgan fingerprint density at radius 3 is 1.62 bits per heavy atom. The van der Waals surface area contributed by atoms with E-state index >= 15 is 0 Å². The van der Waals surface area contributed by atoms with Gasteiger partial charge >= 0.3 is 0 Å². The van der Waals surface area contributed by atoms with Gasteiger partial charge in [-0.1, -0.05) is 152 Å². The summed E-state index contributed by atoms with van der Waals surface area (Å²) < 4.78 is 2.12. The van der Waals surface area contributed by atoms with Crippen LogP contribution >= 0.6 is 0 Å². The molecular formula is C51H32N4. The Kier molecular flexibility index (Phi) is 7.14. The van der Waals surface area contributed by atoms with Crippen LogP contribution in [-0.2, 0) is 0 Å². The smallest absolute Gasteiger partial charge is 0.156 e. The molecule has 0 unspecified atom stereocenters. The minimum atomic E-state index is 0.810. The summed E-state index contributed by atoms with van der Waals surface area (Å²) >= 11 is 0. The molecule has 0 saturated heterocycles. The number of aromatic nitrogens is 4. The van der Waals surface area contributed by atoms with Gasteiger partial charge < -0.3 is 0 Å². The van der Waals surface area contributed by atoms with Gasteiger partial charge in [0.25, 0.3) is 0 Å². The number of pyridine rings is 1. The SMILES string of the molecule is c1ccc(-c2nc3cnccn3c2-c2ccc(-c3cc(-c4cc5ccccc5c5ccccc45)cc(-c4cc5ccccc5c5ccccc45)n3)cc2)cc1. The molecule has 4 nitrogen and oxygen atoms in total. The lowest BCUT2D eigenvalue weighted by Gasteiger charge is -2.16. The van der Waals surface area contributed by atoms with Crippen molar-refractivity contribution in [3.63, 3.8) is 0 Å². The van der Waals surface area contributed by atoms with Crippen LogP contribution in [0, 0.1) is 0 Å². The van der Waals surface area contributed by atoms with Crippen LogP contribution in [0.3, 0.4) is 0 Å². The summed E-state index contributed by atoms with van der Waals surface area (Å²) in [5.74, 6) is 0. The number of nitrogens with zero attached hydrogens (tertiary/aromatic N) is 4. The summed E-state index contributed by atoms with van der Waals surface area (Å²) in [5.41, 5.74) is 11.2. The molecule has 4 heteroatoms. The second kappa shape index (κ2) is 12.6. The van der Waals surface area contributed by atoms with Gasteiger partial charge in [-0.3, -0.25) is 9.38 Å². The molecule has 0 fully saturated rings. The molecule has 0 N–H and O–H groups in total. The highest BCUT2D eigenvalue weighted by atomic mass is 15.0. The summed E-state index contributed by atoms with van der Waals surface area (Å²) in [4.78, 5) is 14.8. The average Bonchev–Trinajstić information content (AvgIpc) is 3.66. The molecule has 0 amide bonds. The summed E-state index contributed by atoms with van der Waals surface area (Å²) in [7, 11) is 0. The van der Waals surface area contributed by atoms with E-state index in [9.17, 15) is 0 Å². The van der Waals surface area contributed by atoms with Crippen molar-refractivity contribution in [2.24, 2.45) is 0 Å².